The van der Waals surface area contributed by atoms with E-state index in [0.29, 0.717) is 24.9 Å². The standard InChI is InChI=1S/C29H37N3O5S/c1-19-8-9-24(12-20(19)2)17-31-29(35)15-23-7-5-6-22(14-23)13-21(3)30-18-28(34)25-10-11-27(33)26(16-25)32-38(4,36)37/h5-12,14,16,21,28,30,32-34H,13,15,17-18H2,1-4H3,(H,31,35)/t21-,28-/m1/s1. The zero-order chi connectivity index (χ0) is 27.9. The van der Waals surface area contributed by atoms with Crippen LogP contribution < -0.4 is 15.4 Å². The fourth-order valence-electron chi connectivity index (χ4n) is 4.13. The summed E-state index contributed by atoms with van der Waals surface area (Å²) in [6.45, 7) is 6.87. The van der Waals surface area contributed by atoms with Crippen LogP contribution in [0.5, 0.6) is 5.75 Å². The molecular formula is C29H37N3O5S. The predicted molar refractivity (Wildman–Crippen MR) is 151 cm³/mol. The van der Waals surface area contributed by atoms with Gasteiger partial charge in [0.2, 0.25) is 15.9 Å². The number of anilines is 1. The van der Waals surface area contributed by atoms with Crippen molar-refractivity contribution in [3.05, 3.63) is 94.0 Å². The molecule has 0 unspecified atom stereocenters. The van der Waals surface area contributed by atoms with E-state index in [2.05, 4.69) is 41.3 Å². The van der Waals surface area contributed by atoms with Gasteiger partial charge in [-0.1, -0.05) is 48.5 Å². The second-order valence-corrected chi connectivity index (χ2v) is 11.6. The smallest absolute Gasteiger partial charge is 0.229 e. The largest absolute Gasteiger partial charge is 0.506 e. The number of carbonyl (C=O) groups excluding carboxylic acids is 1. The van der Waals surface area contributed by atoms with Crippen molar-refractivity contribution in [1.82, 2.24) is 10.6 Å². The Morgan fingerprint density at radius 2 is 1.68 bits per heavy atom. The SMILES string of the molecule is Cc1ccc(CNC(=O)Cc2cccc(C[C@@H](C)NC[C@@H](O)c3ccc(O)c(NS(C)(=O)=O)c3)c2)cc1C. The van der Waals surface area contributed by atoms with Gasteiger partial charge in [-0.3, -0.25) is 9.52 Å². The van der Waals surface area contributed by atoms with Gasteiger partial charge in [0, 0.05) is 19.1 Å². The minimum Gasteiger partial charge on any atom is -0.506 e. The number of aromatic hydroxyl groups is 1. The van der Waals surface area contributed by atoms with E-state index in [1.165, 1.54) is 23.3 Å². The molecule has 8 nitrogen and oxygen atoms in total. The molecule has 0 radical (unpaired) electrons. The van der Waals surface area contributed by atoms with E-state index in [1.54, 1.807) is 6.07 Å². The summed E-state index contributed by atoms with van der Waals surface area (Å²) in [6.07, 6.45) is 1.09. The van der Waals surface area contributed by atoms with Gasteiger partial charge in [-0.05, 0) is 72.7 Å². The van der Waals surface area contributed by atoms with Gasteiger partial charge in [-0.25, -0.2) is 8.42 Å². The molecule has 0 aromatic heterocycles. The van der Waals surface area contributed by atoms with Crippen LogP contribution in [0.15, 0.2) is 60.7 Å². The highest BCUT2D eigenvalue weighted by Crippen LogP contribution is 2.27. The lowest BCUT2D eigenvalue weighted by Gasteiger charge is -2.19. The van der Waals surface area contributed by atoms with Crippen molar-refractivity contribution in [2.75, 3.05) is 17.5 Å². The van der Waals surface area contributed by atoms with Crippen LogP contribution in [0.1, 0.15) is 46.4 Å². The molecule has 9 heteroatoms. The minimum atomic E-state index is -3.57. The normalized spacial score (nSPS) is 13.1. The molecule has 0 bridgehead atoms. The Bertz CT molecular complexity index is 1370. The van der Waals surface area contributed by atoms with Crippen LogP contribution in [0.2, 0.25) is 0 Å². The molecule has 0 fully saturated rings. The summed E-state index contributed by atoms with van der Waals surface area (Å²) < 4.78 is 25.2. The Hall–Kier alpha value is -3.40. The summed E-state index contributed by atoms with van der Waals surface area (Å²) in [5, 5.41) is 26.8. The van der Waals surface area contributed by atoms with Crippen LogP contribution in [0.4, 0.5) is 5.69 Å². The number of benzene rings is 3. The van der Waals surface area contributed by atoms with Gasteiger partial charge in [-0.15, -0.1) is 0 Å². The van der Waals surface area contributed by atoms with Crippen molar-refractivity contribution >= 4 is 21.6 Å². The van der Waals surface area contributed by atoms with E-state index in [9.17, 15) is 23.4 Å². The molecule has 0 aliphatic carbocycles. The molecule has 204 valence electrons. The summed E-state index contributed by atoms with van der Waals surface area (Å²) in [4.78, 5) is 12.5. The maximum absolute atomic E-state index is 12.5. The lowest BCUT2D eigenvalue weighted by Crippen LogP contribution is -2.32. The van der Waals surface area contributed by atoms with Crippen LogP contribution in [0.3, 0.4) is 0 Å². The summed E-state index contributed by atoms with van der Waals surface area (Å²) in [5.74, 6) is -0.250. The number of hydrogen-bond acceptors (Lipinski definition) is 6. The molecule has 0 saturated heterocycles. The first-order chi connectivity index (χ1) is 17.9. The molecule has 38 heavy (non-hydrogen) atoms. The van der Waals surface area contributed by atoms with E-state index in [1.807, 2.05) is 37.3 Å². The number of aryl methyl sites for hydroxylation is 2. The molecule has 3 rings (SSSR count). The molecule has 5 N–H and O–H groups in total. The minimum absolute atomic E-state index is 0.0203. The number of sulfonamides is 1. The van der Waals surface area contributed by atoms with Gasteiger partial charge in [0.25, 0.3) is 0 Å². The van der Waals surface area contributed by atoms with Crippen molar-refractivity contribution < 1.29 is 23.4 Å². The van der Waals surface area contributed by atoms with Crippen molar-refractivity contribution in [1.29, 1.82) is 0 Å². The average Bonchev–Trinajstić information content (AvgIpc) is 2.84. The zero-order valence-corrected chi connectivity index (χ0v) is 23.1. The Balaban J connectivity index is 1.50. The molecular weight excluding hydrogens is 502 g/mol. The maximum Gasteiger partial charge on any atom is 0.229 e. The first kappa shape index (κ1) is 29.2. The molecule has 0 spiro atoms. The van der Waals surface area contributed by atoms with E-state index >= 15 is 0 Å². The Morgan fingerprint density at radius 1 is 0.947 bits per heavy atom. The zero-order valence-electron chi connectivity index (χ0n) is 22.3. The number of rotatable bonds is 12. The van der Waals surface area contributed by atoms with E-state index < -0.39 is 16.1 Å². The first-order valence-electron chi connectivity index (χ1n) is 12.5. The topological polar surface area (TPSA) is 128 Å². The highest BCUT2D eigenvalue weighted by Gasteiger charge is 2.14. The fourth-order valence-corrected chi connectivity index (χ4v) is 4.69. The third kappa shape index (κ3) is 9.16. The third-order valence-electron chi connectivity index (χ3n) is 6.32. The van der Waals surface area contributed by atoms with Gasteiger partial charge < -0.3 is 20.8 Å². The number of aliphatic hydroxyl groups is 1. The monoisotopic (exact) mass is 539 g/mol. The number of nitrogens with one attached hydrogen (secondary N) is 3. The van der Waals surface area contributed by atoms with Crippen LogP contribution in [0.25, 0.3) is 0 Å². The Labute approximate surface area is 225 Å². The number of carbonyl (C=O) groups is 1. The number of phenols is 1. The second-order valence-electron chi connectivity index (χ2n) is 9.87. The molecule has 0 aliphatic heterocycles. The van der Waals surface area contributed by atoms with Crippen molar-refractivity contribution in [3.63, 3.8) is 0 Å². The van der Waals surface area contributed by atoms with Gasteiger partial charge in [0.1, 0.15) is 5.75 Å². The van der Waals surface area contributed by atoms with Gasteiger partial charge in [-0.2, -0.15) is 0 Å². The summed E-state index contributed by atoms with van der Waals surface area (Å²) in [6, 6.07) is 18.4. The van der Waals surface area contributed by atoms with E-state index in [-0.39, 0.29) is 29.9 Å². The number of amides is 1. The van der Waals surface area contributed by atoms with Crippen molar-refractivity contribution in [3.8, 4) is 5.75 Å². The number of aliphatic hydroxyl groups excluding tert-OH is 1. The van der Waals surface area contributed by atoms with Gasteiger partial charge >= 0.3 is 0 Å². The third-order valence-corrected chi connectivity index (χ3v) is 6.91. The van der Waals surface area contributed by atoms with Crippen LogP contribution in [-0.4, -0.2) is 43.4 Å². The summed E-state index contributed by atoms with van der Waals surface area (Å²) in [7, 11) is -3.57. The summed E-state index contributed by atoms with van der Waals surface area (Å²) in [5.41, 5.74) is 6.01. The number of hydrogen-bond donors (Lipinski definition) is 5. The van der Waals surface area contributed by atoms with Crippen LogP contribution in [0, 0.1) is 13.8 Å². The maximum atomic E-state index is 12.5. The molecule has 1 amide bonds. The second kappa shape index (κ2) is 12.9. The van der Waals surface area contributed by atoms with E-state index in [4.69, 9.17) is 0 Å². The van der Waals surface area contributed by atoms with Gasteiger partial charge in [0.15, 0.2) is 0 Å². The summed E-state index contributed by atoms with van der Waals surface area (Å²) >= 11 is 0. The molecule has 0 saturated carbocycles. The van der Waals surface area contributed by atoms with Gasteiger partial charge in [0.05, 0.1) is 24.5 Å². The lowest BCUT2D eigenvalue weighted by molar-refractivity contribution is -0.120. The first-order valence-corrected chi connectivity index (χ1v) is 14.4. The average molecular weight is 540 g/mol. The molecule has 0 aliphatic rings. The Kier molecular flexibility index (Phi) is 9.90. The van der Waals surface area contributed by atoms with Crippen molar-refractivity contribution in [2.24, 2.45) is 0 Å². The fraction of sp³-hybridized carbons (Fsp3) is 0.345. The Morgan fingerprint density at radius 3 is 2.39 bits per heavy atom. The predicted octanol–water partition coefficient (Wildman–Crippen LogP) is 3.49. The lowest BCUT2D eigenvalue weighted by atomic mass is 10.0. The molecule has 0 heterocycles. The highest BCUT2D eigenvalue weighted by molar-refractivity contribution is 7.92. The molecule has 2 atom stereocenters. The molecule has 3 aromatic carbocycles. The molecule has 3 aromatic rings. The van der Waals surface area contributed by atoms with Crippen molar-refractivity contribution in [2.45, 2.75) is 52.3 Å². The van der Waals surface area contributed by atoms with E-state index in [0.717, 1.165) is 22.9 Å². The number of phenolic OH excluding ortho intramolecular Hbond substituents is 1. The van der Waals surface area contributed by atoms with Crippen LogP contribution >= 0.6 is 0 Å². The van der Waals surface area contributed by atoms with Crippen LogP contribution in [-0.2, 0) is 34.2 Å². The highest BCUT2D eigenvalue weighted by atomic mass is 32.2. The quantitative estimate of drug-likeness (QED) is 0.224.